The highest BCUT2D eigenvalue weighted by atomic mass is 16.7. The van der Waals surface area contributed by atoms with Gasteiger partial charge in [0, 0.05) is 76.1 Å². The standard InChI is InChI=1S/C34H42N4O7/c1-4-42-34-26(11-8-18-39)27(31-23(2)35(3)38(33(31)41)25-9-6-5-7-10-25)20-30(45-34)32(40)37-16-14-36(15-17-37)21-24-12-13-28-29(19-24)44-22-43-28/h5-7,9-10,12-13,19-20,26-27,34,39H,4,8,11,14-18,21-22H2,1-3H3/t26-,27+,34-/m0/s1. The van der Waals surface area contributed by atoms with Gasteiger partial charge in [-0.15, -0.1) is 0 Å². The van der Waals surface area contributed by atoms with Crippen molar-refractivity contribution < 1.29 is 28.8 Å². The van der Waals surface area contributed by atoms with Crippen molar-refractivity contribution in [1.29, 1.82) is 0 Å². The number of aliphatic hydroxyl groups excluding tert-OH is 1. The molecular formula is C34H42N4O7. The van der Waals surface area contributed by atoms with Crippen LogP contribution >= 0.6 is 0 Å². The Kier molecular flexibility index (Phi) is 9.29. The number of fused-ring (bicyclic) bond motifs is 1. The highest BCUT2D eigenvalue weighted by molar-refractivity contribution is 5.92. The molecule has 0 saturated carbocycles. The lowest BCUT2D eigenvalue weighted by Crippen LogP contribution is -2.50. The topological polar surface area (TPSA) is 108 Å². The second-order valence-corrected chi connectivity index (χ2v) is 11.8. The van der Waals surface area contributed by atoms with E-state index >= 15 is 0 Å². The highest BCUT2D eigenvalue weighted by Crippen LogP contribution is 2.40. The summed E-state index contributed by atoms with van der Waals surface area (Å²) in [5, 5.41) is 9.70. The highest BCUT2D eigenvalue weighted by Gasteiger charge is 2.41. The molecule has 0 unspecified atom stereocenters. The van der Waals surface area contributed by atoms with E-state index in [2.05, 4.69) is 4.90 Å². The number of para-hydroxylation sites is 1. The summed E-state index contributed by atoms with van der Waals surface area (Å²) in [6.07, 6.45) is 2.18. The van der Waals surface area contributed by atoms with Crippen LogP contribution in [0.15, 0.2) is 65.2 Å². The van der Waals surface area contributed by atoms with E-state index in [4.69, 9.17) is 18.9 Å². The van der Waals surface area contributed by atoms with Crippen molar-refractivity contribution in [1.82, 2.24) is 19.2 Å². The average molecular weight is 619 g/mol. The number of carbonyl (C=O) groups excluding carboxylic acids is 1. The third-order valence-electron chi connectivity index (χ3n) is 9.06. The van der Waals surface area contributed by atoms with Crippen LogP contribution < -0.4 is 15.0 Å². The lowest BCUT2D eigenvalue weighted by molar-refractivity contribution is -0.171. The second-order valence-electron chi connectivity index (χ2n) is 11.8. The fraction of sp³-hybridized carbons (Fsp3) is 0.471. The van der Waals surface area contributed by atoms with E-state index in [9.17, 15) is 14.7 Å². The van der Waals surface area contributed by atoms with Crippen LogP contribution in [0.1, 0.15) is 42.5 Å². The molecule has 3 aromatic rings. The van der Waals surface area contributed by atoms with Crippen molar-refractivity contribution in [2.45, 2.75) is 45.4 Å². The first-order valence-corrected chi connectivity index (χ1v) is 15.7. The van der Waals surface area contributed by atoms with Crippen LogP contribution in [0.5, 0.6) is 11.5 Å². The van der Waals surface area contributed by atoms with Crippen molar-refractivity contribution in [2.24, 2.45) is 13.0 Å². The van der Waals surface area contributed by atoms with Gasteiger partial charge in [0.1, 0.15) is 0 Å². The monoisotopic (exact) mass is 618 g/mol. The zero-order valence-electron chi connectivity index (χ0n) is 26.2. The number of hydrogen-bond donors (Lipinski definition) is 1. The molecule has 240 valence electrons. The first-order chi connectivity index (χ1) is 21.9. The number of hydrogen-bond acceptors (Lipinski definition) is 8. The molecule has 2 aromatic carbocycles. The van der Waals surface area contributed by atoms with E-state index in [-0.39, 0.29) is 36.5 Å². The first-order valence-electron chi connectivity index (χ1n) is 15.7. The number of piperazine rings is 1. The smallest absolute Gasteiger partial charge is 0.288 e. The van der Waals surface area contributed by atoms with Gasteiger partial charge in [-0.3, -0.25) is 19.2 Å². The average Bonchev–Trinajstić information content (AvgIpc) is 3.61. The van der Waals surface area contributed by atoms with E-state index in [1.54, 1.807) is 4.68 Å². The van der Waals surface area contributed by atoms with Crippen LogP contribution in [0, 0.1) is 12.8 Å². The molecule has 11 heteroatoms. The maximum atomic E-state index is 14.1. The molecule has 4 heterocycles. The largest absolute Gasteiger partial charge is 0.459 e. The SMILES string of the molecule is CCO[C@H]1OC(C(=O)N2CCN(Cc3ccc4c(c3)OCO4)CC2)=C[C@@H](c2c(C)n(C)n(-c3ccccc3)c2=O)[C@@H]1CCCO. The van der Waals surface area contributed by atoms with Gasteiger partial charge in [-0.05, 0) is 62.6 Å². The van der Waals surface area contributed by atoms with Crippen LogP contribution in [-0.4, -0.2) is 82.7 Å². The molecule has 3 aliphatic rings. The Morgan fingerprint density at radius 3 is 2.53 bits per heavy atom. The Hall–Kier alpha value is -4.06. The maximum absolute atomic E-state index is 14.1. The van der Waals surface area contributed by atoms with Gasteiger partial charge in [-0.25, -0.2) is 4.68 Å². The molecule has 6 rings (SSSR count). The van der Waals surface area contributed by atoms with Gasteiger partial charge in [0.25, 0.3) is 11.5 Å². The predicted molar refractivity (Wildman–Crippen MR) is 167 cm³/mol. The van der Waals surface area contributed by atoms with Crippen molar-refractivity contribution in [3.8, 4) is 17.2 Å². The minimum atomic E-state index is -0.730. The minimum absolute atomic E-state index is 0.0100. The molecule has 0 bridgehead atoms. The van der Waals surface area contributed by atoms with Crippen molar-refractivity contribution in [2.75, 3.05) is 46.2 Å². The molecule has 1 fully saturated rings. The van der Waals surface area contributed by atoms with Crippen LogP contribution in [0.25, 0.3) is 5.69 Å². The fourth-order valence-corrected chi connectivity index (χ4v) is 6.63. The molecule has 0 radical (unpaired) electrons. The number of amides is 1. The summed E-state index contributed by atoms with van der Waals surface area (Å²) in [6.45, 7) is 7.73. The summed E-state index contributed by atoms with van der Waals surface area (Å²) >= 11 is 0. The molecule has 0 spiro atoms. The number of aliphatic hydroxyl groups is 1. The van der Waals surface area contributed by atoms with Crippen molar-refractivity contribution in [3.05, 3.63) is 87.5 Å². The van der Waals surface area contributed by atoms with E-state index in [0.29, 0.717) is 51.2 Å². The lowest BCUT2D eigenvalue weighted by atomic mass is 9.80. The Morgan fingerprint density at radius 1 is 1.04 bits per heavy atom. The van der Waals surface area contributed by atoms with Gasteiger partial charge in [0.15, 0.2) is 17.3 Å². The summed E-state index contributed by atoms with van der Waals surface area (Å²) in [4.78, 5) is 32.2. The zero-order valence-corrected chi connectivity index (χ0v) is 26.2. The summed E-state index contributed by atoms with van der Waals surface area (Å²) in [5.41, 5.74) is 3.17. The quantitative estimate of drug-likeness (QED) is 0.369. The van der Waals surface area contributed by atoms with Gasteiger partial charge < -0.3 is 29.0 Å². The zero-order chi connectivity index (χ0) is 31.5. The Labute approximate surface area is 263 Å². The van der Waals surface area contributed by atoms with Crippen LogP contribution in [-0.2, 0) is 27.9 Å². The molecule has 11 nitrogen and oxygen atoms in total. The molecule has 3 atom stereocenters. The summed E-state index contributed by atoms with van der Waals surface area (Å²) in [5.74, 6) is 0.841. The van der Waals surface area contributed by atoms with Crippen LogP contribution in [0.3, 0.4) is 0 Å². The van der Waals surface area contributed by atoms with E-state index in [1.807, 2.05) is 85.1 Å². The second kappa shape index (κ2) is 13.5. The first kappa shape index (κ1) is 30.9. The molecule has 3 aliphatic heterocycles. The van der Waals surface area contributed by atoms with Gasteiger partial charge in [0.2, 0.25) is 13.1 Å². The number of nitrogens with zero attached hydrogens (tertiary/aromatic N) is 4. The van der Waals surface area contributed by atoms with E-state index < -0.39 is 12.2 Å². The number of aromatic nitrogens is 2. The summed E-state index contributed by atoms with van der Waals surface area (Å²) in [7, 11) is 1.87. The van der Waals surface area contributed by atoms with Gasteiger partial charge in [-0.2, -0.15) is 0 Å². The van der Waals surface area contributed by atoms with Crippen molar-refractivity contribution in [3.63, 3.8) is 0 Å². The third-order valence-corrected chi connectivity index (χ3v) is 9.06. The number of rotatable bonds is 10. The van der Waals surface area contributed by atoms with Gasteiger partial charge >= 0.3 is 0 Å². The molecule has 0 aliphatic carbocycles. The number of carbonyl (C=O) groups is 1. The molecule has 1 aromatic heterocycles. The molecular weight excluding hydrogens is 576 g/mol. The maximum Gasteiger partial charge on any atom is 0.288 e. The number of allylic oxidation sites excluding steroid dienone is 1. The van der Waals surface area contributed by atoms with Gasteiger partial charge in [0.05, 0.1) is 5.69 Å². The lowest BCUT2D eigenvalue weighted by Gasteiger charge is -2.39. The van der Waals surface area contributed by atoms with Crippen LogP contribution in [0.2, 0.25) is 0 Å². The summed E-state index contributed by atoms with van der Waals surface area (Å²) in [6, 6.07) is 15.5. The Bertz CT molecular complexity index is 1590. The molecule has 1 amide bonds. The predicted octanol–water partition coefficient (Wildman–Crippen LogP) is 3.31. The van der Waals surface area contributed by atoms with Crippen LogP contribution in [0.4, 0.5) is 0 Å². The Balaban J connectivity index is 1.25. The minimum Gasteiger partial charge on any atom is -0.459 e. The fourth-order valence-electron chi connectivity index (χ4n) is 6.63. The normalized spacial score (nSPS) is 21.5. The van der Waals surface area contributed by atoms with E-state index in [1.165, 1.54) is 0 Å². The third kappa shape index (κ3) is 6.25. The molecule has 45 heavy (non-hydrogen) atoms. The van der Waals surface area contributed by atoms with Crippen molar-refractivity contribution >= 4 is 5.91 Å². The number of benzene rings is 2. The Morgan fingerprint density at radius 2 is 1.80 bits per heavy atom. The number of ether oxygens (including phenoxy) is 4. The molecule has 1 N–H and O–H groups in total. The van der Waals surface area contributed by atoms with Gasteiger partial charge in [-0.1, -0.05) is 24.3 Å². The van der Waals surface area contributed by atoms with E-state index in [0.717, 1.165) is 35.0 Å². The molecule has 1 saturated heterocycles. The summed E-state index contributed by atoms with van der Waals surface area (Å²) < 4.78 is 26.8.